The van der Waals surface area contributed by atoms with Gasteiger partial charge in [-0.25, -0.2) is 0 Å². The van der Waals surface area contributed by atoms with Crippen molar-refractivity contribution in [2.24, 2.45) is 17.8 Å². The van der Waals surface area contributed by atoms with E-state index in [4.69, 9.17) is 0 Å². The minimum absolute atomic E-state index is 0.0265. The molecule has 0 spiro atoms. The summed E-state index contributed by atoms with van der Waals surface area (Å²) in [5.41, 5.74) is 0. The summed E-state index contributed by atoms with van der Waals surface area (Å²) in [7, 11) is 1.78. The zero-order chi connectivity index (χ0) is 17.7. The number of hydrogen-bond acceptors (Lipinski definition) is 3. The van der Waals surface area contributed by atoms with Crippen LogP contribution in [-0.4, -0.2) is 47.6 Å². The molecule has 0 aliphatic heterocycles. The average molecular weight is 334 g/mol. The van der Waals surface area contributed by atoms with E-state index in [0.29, 0.717) is 25.3 Å². The monoisotopic (exact) mass is 334 g/mol. The molecule has 0 aromatic heterocycles. The van der Waals surface area contributed by atoms with E-state index < -0.39 is 17.9 Å². The quantitative estimate of drug-likeness (QED) is 0.500. The van der Waals surface area contributed by atoms with Crippen LogP contribution in [0.25, 0.3) is 0 Å². The van der Waals surface area contributed by atoms with Gasteiger partial charge in [0.1, 0.15) is 0 Å². The van der Waals surface area contributed by atoms with Crippen molar-refractivity contribution in [3.8, 4) is 0 Å². The fourth-order valence-corrected chi connectivity index (χ4v) is 3.54. The molecule has 0 aromatic rings. The highest BCUT2D eigenvalue weighted by molar-refractivity contribution is 5.88. The highest BCUT2D eigenvalue weighted by Crippen LogP contribution is 2.36. The van der Waals surface area contributed by atoms with Gasteiger partial charge in [0.05, 0.1) is 17.9 Å². The van der Waals surface area contributed by atoms with Crippen LogP contribution in [0.4, 0.5) is 0 Å². The topological polar surface area (TPSA) is 69.6 Å². The lowest BCUT2D eigenvalue weighted by molar-refractivity contribution is -0.139. The largest absolute Gasteiger partial charge is 0.393 e. The molecule has 2 aliphatic carbocycles. The smallest absolute Gasteiger partial charge is 0.226 e. The Kier molecular flexibility index (Phi) is 6.60. The predicted molar refractivity (Wildman–Crippen MR) is 94.1 cm³/mol. The van der Waals surface area contributed by atoms with Crippen LogP contribution < -0.4 is 5.32 Å². The fourth-order valence-electron chi connectivity index (χ4n) is 3.54. The van der Waals surface area contributed by atoms with Crippen LogP contribution in [0.15, 0.2) is 25.3 Å². The maximum absolute atomic E-state index is 12.7. The molecule has 2 fully saturated rings. The van der Waals surface area contributed by atoms with Crippen LogP contribution in [0, 0.1) is 17.8 Å². The number of allylic oxidation sites excluding steroid dienone is 1. The molecule has 2 rings (SSSR count). The lowest BCUT2D eigenvalue weighted by Crippen LogP contribution is -2.41. The first-order valence-electron chi connectivity index (χ1n) is 8.94. The van der Waals surface area contributed by atoms with Crippen molar-refractivity contribution in [2.75, 3.05) is 13.6 Å². The van der Waals surface area contributed by atoms with Crippen LogP contribution in [0.5, 0.6) is 0 Å². The van der Waals surface area contributed by atoms with Crippen molar-refractivity contribution in [2.45, 2.75) is 50.7 Å². The van der Waals surface area contributed by atoms with Crippen molar-refractivity contribution < 1.29 is 14.7 Å². The summed E-state index contributed by atoms with van der Waals surface area (Å²) < 4.78 is 0. The van der Waals surface area contributed by atoms with Crippen molar-refractivity contribution in [3.05, 3.63) is 25.3 Å². The number of amides is 2. The summed E-state index contributed by atoms with van der Waals surface area (Å²) in [4.78, 5) is 26.9. The standard InChI is InChI=1S/C19H30N2O3/c1-4-6-7-8-9-21(3)19(24)16-12-14(22)11-15(16)18(23)20-17-10-13(17)5-2/h4-5,13-17,22H,1-2,6-12H2,3H3,(H,20,23)/t13-,14+,15-,16-,17?/m1/s1. The second-order valence-electron chi connectivity index (χ2n) is 7.13. The van der Waals surface area contributed by atoms with Crippen molar-refractivity contribution in [3.63, 3.8) is 0 Å². The first kappa shape index (κ1) is 18.7. The Bertz CT molecular complexity index is 491. The minimum atomic E-state index is -0.571. The van der Waals surface area contributed by atoms with Crippen LogP contribution in [0.2, 0.25) is 0 Å². The van der Waals surface area contributed by atoms with Gasteiger partial charge < -0.3 is 15.3 Å². The van der Waals surface area contributed by atoms with Gasteiger partial charge in [-0.05, 0) is 44.4 Å². The Morgan fingerprint density at radius 3 is 2.54 bits per heavy atom. The molecule has 2 amide bonds. The third-order valence-corrected chi connectivity index (χ3v) is 5.19. The summed E-state index contributed by atoms with van der Waals surface area (Å²) >= 11 is 0. The summed E-state index contributed by atoms with van der Waals surface area (Å²) in [6, 6.07) is 0.153. The van der Waals surface area contributed by atoms with Crippen LogP contribution >= 0.6 is 0 Å². The van der Waals surface area contributed by atoms with Crippen LogP contribution in [0.3, 0.4) is 0 Å². The highest BCUT2D eigenvalue weighted by Gasteiger charge is 2.45. The van der Waals surface area contributed by atoms with E-state index in [9.17, 15) is 14.7 Å². The van der Waals surface area contributed by atoms with Gasteiger partial charge in [0.25, 0.3) is 0 Å². The second-order valence-corrected chi connectivity index (χ2v) is 7.13. The number of nitrogens with one attached hydrogen (secondary N) is 1. The Hall–Kier alpha value is -1.62. The molecule has 0 bridgehead atoms. The van der Waals surface area contributed by atoms with E-state index in [2.05, 4.69) is 18.5 Å². The third-order valence-electron chi connectivity index (χ3n) is 5.19. The molecule has 5 heteroatoms. The Morgan fingerprint density at radius 2 is 1.92 bits per heavy atom. The van der Waals surface area contributed by atoms with Crippen LogP contribution in [-0.2, 0) is 9.59 Å². The number of carbonyl (C=O) groups excluding carboxylic acids is 2. The molecule has 2 aliphatic rings. The Balaban J connectivity index is 1.88. The molecule has 0 saturated heterocycles. The first-order chi connectivity index (χ1) is 11.5. The second kappa shape index (κ2) is 8.47. The molecule has 0 aromatic carbocycles. The zero-order valence-corrected chi connectivity index (χ0v) is 14.6. The van der Waals surface area contributed by atoms with Gasteiger partial charge in [-0.1, -0.05) is 12.2 Å². The van der Waals surface area contributed by atoms with E-state index in [1.807, 2.05) is 12.2 Å². The van der Waals surface area contributed by atoms with Gasteiger partial charge in [-0.15, -0.1) is 13.2 Å². The molecule has 1 unspecified atom stereocenters. The van der Waals surface area contributed by atoms with Crippen molar-refractivity contribution in [1.82, 2.24) is 10.2 Å². The van der Waals surface area contributed by atoms with Gasteiger partial charge in [-0.2, -0.15) is 0 Å². The minimum Gasteiger partial charge on any atom is -0.393 e. The molecule has 2 saturated carbocycles. The number of rotatable bonds is 9. The average Bonchev–Trinajstić information content (AvgIpc) is 3.20. The lowest BCUT2D eigenvalue weighted by atomic mass is 9.93. The normalized spacial score (nSPS) is 31.3. The molecule has 2 N–H and O–H groups in total. The molecule has 134 valence electrons. The van der Waals surface area contributed by atoms with Gasteiger partial charge in [0.15, 0.2) is 0 Å². The lowest BCUT2D eigenvalue weighted by Gasteiger charge is -2.24. The fraction of sp³-hybridized carbons (Fsp3) is 0.684. The molecule has 0 heterocycles. The van der Waals surface area contributed by atoms with Gasteiger partial charge in [0.2, 0.25) is 11.8 Å². The van der Waals surface area contributed by atoms with Crippen molar-refractivity contribution >= 4 is 11.8 Å². The highest BCUT2D eigenvalue weighted by atomic mass is 16.3. The Morgan fingerprint density at radius 1 is 1.21 bits per heavy atom. The SMILES string of the molecule is C=CCCCCN(C)C(=O)[C@@H]1C[C@@H](O)C[C@H]1C(=O)NC1C[C@H]1C=C. The third kappa shape index (κ3) is 4.69. The van der Waals surface area contributed by atoms with Gasteiger partial charge in [-0.3, -0.25) is 9.59 Å². The van der Waals surface area contributed by atoms with Crippen LogP contribution in [0.1, 0.15) is 38.5 Å². The van der Waals surface area contributed by atoms with Gasteiger partial charge >= 0.3 is 0 Å². The summed E-state index contributed by atoms with van der Waals surface area (Å²) in [5, 5.41) is 13.0. The van der Waals surface area contributed by atoms with Gasteiger partial charge in [0, 0.05) is 19.6 Å². The van der Waals surface area contributed by atoms with Crippen molar-refractivity contribution in [1.29, 1.82) is 0 Å². The number of nitrogens with zero attached hydrogens (tertiary/aromatic N) is 1. The number of aliphatic hydroxyl groups excluding tert-OH is 1. The number of carbonyl (C=O) groups is 2. The zero-order valence-electron chi connectivity index (χ0n) is 14.6. The number of hydrogen-bond donors (Lipinski definition) is 2. The van der Waals surface area contributed by atoms with E-state index in [1.54, 1.807) is 11.9 Å². The predicted octanol–water partition coefficient (Wildman–Crippen LogP) is 1.88. The number of unbranched alkanes of at least 4 members (excludes halogenated alkanes) is 2. The molecular weight excluding hydrogens is 304 g/mol. The first-order valence-corrected chi connectivity index (χ1v) is 8.94. The van der Waals surface area contributed by atoms with E-state index in [-0.39, 0.29) is 17.9 Å². The van der Waals surface area contributed by atoms with E-state index in [0.717, 1.165) is 25.7 Å². The maximum atomic E-state index is 12.7. The van der Waals surface area contributed by atoms with E-state index >= 15 is 0 Å². The molecule has 5 nitrogen and oxygen atoms in total. The summed E-state index contributed by atoms with van der Waals surface area (Å²) in [6.45, 7) is 8.11. The molecule has 24 heavy (non-hydrogen) atoms. The molecule has 5 atom stereocenters. The summed E-state index contributed by atoms with van der Waals surface area (Å²) in [5.74, 6) is -0.609. The summed E-state index contributed by atoms with van der Waals surface area (Å²) in [6.07, 6.45) is 7.71. The van der Waals surface area contributed by atoms with E-state index in [1.165, 1.54) is 0 Å². The molecular formula is C19H30N2O3. The number of aliphatic hydroxyl groups is 1. The maximum Gasteiger partial charge on any atom is 0.226 e. The molecule has 0 radical (unpaired) electrons. The Labute approximate surface area is 144 Å².